The summed E-state index contributed by atoms with van der Waals surface area (Å²) >= 11 is 13.2. The molecule has 0 radical (unpaired) electrons. The average Bonchev–Trinajstić information content (AvgIpc) is 1.11. The van der Waals surface area contributed by atoms with E-state index < -0.39 is 72.3 Å². The molecule has 0 saturated heterocycles. The number of primary amides is 1. The number of nitrogens with two attached hydrogens (primary N) is 1. The van der Waals surface area contributed by atoms with Crippen LogP contribution in [0.4, 0.5) is 31.4 Å². The number of hydrogen-bond acceptors (Lipinski definition) is 14. The van der Waals surface area contributed by atoms with Crippen LogP contribution in [-0.2, 0) is 49.5 Å². The molecule has 10 N–H and O–H groups in total. The molecule has 5 aromatic rings. The first kappa shape index (κ1) is 73.0. The van der Waals surface area contributed by atoms with E-state index in [9.17, 15) is 62.3 Å². The Labute approximate surface area is 571 Å². The first-order chi connectivity index (χ1) is 45.9. The lowest BCUT2D eigenvalue weighted by molar-refractivity contribution is -0.205. The zero-order valence-electron chi connectivity index (χ0n) is 55.7. The number of likely N-dealkylation sites (N-methyl/N-ethyl adjacent to an activating group) is 2. The summed E-state index contributed by atoms with van der Waals surface area (Å²) in [5.74, 6) is -4.17. The van der Waals surface area contributed by atoms with E-state index >= 15 is 0 Å². The molecule has 9 amide bonds. The van der Waals surface area contributed by atoms with Crippen LogP contribution < -0.4 is 46.1 Å². The summed E-state index contributed by atoms with van der Waals surface area (Å²) in [5.41, 5.74) is 9.64. The molecule has 3 saturated carbocycles. The summed E-state index contributed by atoms with van der Waals surface area (Å²) in [6.07, 6.45) is 4.61. The molecular weight excluding hydrogens is 1320 g/mol. The monoisotopic (exact) mass is 1400 g/mol. The average molecular weight is 1400 g/mol. The maximum Gasteiger partial charge on any atom is 0.524 e. The number of urea groups is 1. The van der Waals surface area contributed by atoms with Gasteiger partial charge in [-0.2, -0.15) is 0 Å². The number of alkyl halides is 2. The van der Waals surface area contributed by atoms with Crippen molar-refractivity contribution in [1.82, 2.24) is 35.7 Å². The summed E-state index contributed by atoms with van der Waals surface area (Å²) in [5, 5.41) is 12.3. The molecular formula is C67H86Cl2N11O16P. The van der Waals surface area contributed by atoms with Crippen molar-refractivity contribution in [2.45, 2.75) is 130 Å². The number of carbonyl (C=O) groups excluding carboxylic acids is 10. The summed E-state index contributed by atoms with van der Waals surface area (Å²) in [4.78, 5) is 165. The molecule has 0 unspecified atom stereocenters. The van der Waals surface area contributed by atoms with Crippen LogP contribution in [0, 0.1) is 42.4 Å². The molecule has 524 valence electrons. The van der Waals surface area contributed by atoms with E-state index in [0.29, 0.717) is 71.3 Å². The van der Waals surface area contributed by atoms with Gasteiger partial charge in [0.25, 0.3) is 0 Å². The number of nitrogens with zero attached hydrogens (tertiary/aromatic N) is 4. The SMILES string of the molecule is CC(=O)C[C@@H](CCCCNC(C)=O)C(=O)N[C@H](C(=O)C[C@@H](CCCNC(N)=O)C(=O)Nc1ccc(COC(=O)N(C)CCN(C)C(=O)Oc2cc3c(c4c(C)c[nH]c24)[C@H](CCl)CN3C(=O)C23CC(C(=O)N4C[C@@H](CCl)c5c4cc(OP(=O)(O)O)c4[nH]cc(C)c54)(C2)C3)cc1)C(C)C. The van der Waals surface area contributed by atoms with Gasteiger partial charge in [-0.25, -0.2) is 18.9 Å². The number of hydrogen-bond donors (Lipinski definition) is 9. The summed E-state index contributed by atoms with van der Waals surface area (Å²) in [7, 11) is -1.97. The lowest BCUT2D eigenvalue weighted by Crippen LogP contribution is -2.73. The molecule has 2 aromatic heterocycles. The Hall–Kier alpha value is -8.23. The van der Waals surface area contributed by atoms with Crippen LogP contribution >= 0.6 is 31.0 Å². The number of Topliss-reactive ketones (excluding diaryl/α,β-unsaturated/α-hetero) is 2. The highest BCUT2D eigenvalue weighted by Crippen LogP contribution is 2.75. The van der Waals surface area contributed by atoms with Crippen molar-refractivity contribution >= 4 is 129 Å². The van der Waals surface area contributed by atoms with Gasteiger partial charge in [-0.05, 0) is 112 Å². The van der Waals surface area contributed by atoms with Crippen LogP contribution in [-0.4, -0.2) is 160 Å². The minimum absolute atomic E-state index is 0.0230. The second-order valence-corrected chi connectivity index (χ2v) is 28.6. The topological polar surface area (TPSA) is 375 Å². The second-order valence-electron chi connectivity index (χ2n) is 26.8. The predicted molar refractivity (Wildman–Crippen MR) is 364 cm³/mol. The van der Waals surface area contributed by atoms with Crippen LogP contribution in [0.1, 0.15) is 132 Å². The molecule has 3 aromatic carbocycles. The first-order valence-corrected chi connectivity index (χ1v) is 35.1. The van der Waals surface area contributed by atoms with Gasteiger partial charge in [-0.15, -0.1) is 23.2 Å². The van der Waals surface area contributed by atoms with Crippen molar-refractivity contribution < 1.29 is 76.3 Å². The van der Waals surface area contributed by atoms with E-state index in [1.54, 1.807) is 66.4 Å². The summed E-state index contributed by atoms with van der Waals surface area (Å²) in [6, 6.07) is 7.93. The van der Waals surface area contributed by atoms with Gasteiger partial charge in [0.2, 0.25) is 29.5 Å². The molecule has 27 nitrogen and oxygen atoms in total. The number of aryl methyl sites for hydroxylation is 2. The number of phosphoric acid groups is 1. The van der Waals surface area contributed by atoms with Crippen LogP contribution in [0.2, 0.25) is 0 Å². The number of phosphoric ester groups is 1. The van der Waals surface area contributed by atoms with Gasteiger partial charge in [0, 0.05) is 150 Å². The molecule has 3 aliphatic carbocycles. The van der Waals surface area contributed by atoms with E-state index in [4.69, 9.17) is 42.9 Å². The number of carbonyl (C=O) groups is 10. The van der Waals surface area contributed by atoms with Crippen molar-refractivity contribution in [2.24, 2.45) is 34.3 Å². The Bertz CT molecular complexity index is 3920. The molecule has 3 fully saturated rings. The van der Waals surface area contributed by atoms with E-state index in [1.807, 2.05) is 13.8 Å². The number of nitrogens with one attached hydrogen (secondary N) is 6. The molecule has 2 bridgehead atoms. The number of fused-ring (bicyclic) bond motifs is 6. The smallest absolute Gasteiger partial charge is 0.445 e. The standard InChI is InChI=1S/C67H86Cl2N11O16P/c1-36(2)56(76-60(85)42(22-39(5)81)12-9-10-18-71-40(6)82)49(83)23-43(13-11-19-72-63(70)88)59(84)75-46-16-14-41(15-17-46)32-94-64(89)77(7)20-21-78(8)65(90)95-50-24-47-54(52-37(3)28-73-57(50)52)44(26-68)30-79(47)61(86)66-33-67(34-66,35-66)62(87)80-31-45(27-69)55-48(80)25-51(96-97(91,92)93)58-53(55)38(4)29-74-58/h14-17,24-25,28-29,36,42-45,56,73-74H,9-13,18-23,26-27,30-35H2,1-8H3,(H,71,82)(H,75,84)(H,76,85)(H3,70,72,88)(H2,91,92,93)/t42-,43-,44-,45-,56+,66?,67?/m1/s1. The molecule has 5 atom stereocenters. The largest absolute Gasteiger partial charge is 0.524 e. The highest BCUT2D eigenvalue weighted by atomic mass is 35.5. The van der Waals surface area contributed by atoms with Gasteiger partial charge in [0.1, 0.15) is 12.4 Å². The third kappa shape index (κ3) is 16.2. The number of rotatable bonds is 31. The fourth-order valence-corrected chi connectivity index (χ4v) is 15.1. The van der Waals surface area contributed by atoms with Crippen LogP contribution in [0.5, 0.6) is 11.5 Å². The van der Waals surface area contributed by atoms with Crippen molar-refractivity contribution in [2.75, 3.05) is 80.2 Å². The van der Waals surface area contributed by atoms with Gasteiger partial charge < -0.3 is 75.4 Å². The molecule has 97 heavy (non-hydrogen) atoms. The Morgan fingerprint density at radius 2 is 1.24 bits per heavy atom. The third-order valence-electron chi connectivity index (χ3n) is 19.1. The number of amides is 9. The van der Waals surface area contributed by atoms with E-state index in [-0.39, 0.29) is 142 Å². The van der Waals surface area contributed by atoms with Gasteiger partial charge in [-0.3, -0.25) is 38.6 Å². The van der Waals surface area contributed by atoms with Gasteiger partial charge in [0.05, 0.1) is 39.3 Å². The van der Waals surface area contributed by atoms with E-state index in [0.717, 1.165) is 27.6 Å². The number of unbranched alkanes of at least 4 members (excludes halogenated alkanes) is 1. The van der Waals surface area contributed by atoms with Crippen molar-refractivity contribution in [1.29, 1.82) is 0 Å². The van der Waals surface area contributed by atoms with Crippen LogP contribution in [0.15, 0.2) is 48.8 Å². The number of aromatic amines is 2. The Kier molecular flexibility index (Phi) is 22.8. The first-order valence-electron chi connectivity index (χ1n) is 32.5. The number of ether oxygens (including phenoxy) is 2. The minimum Gasteiger partial charge on any atom is -0.445 e. The maximum absolute atomic E-state index is 14.9. The number of benzene rings is 3. The lowest BCUT2D eigenvalue weighted by atomic mass is 9.34. The number of ketones is 2. The van der Waals surface area contributed by atoms with Crippen LogP contribution in [0.25, 0.3) is 21.8 Å². The highest BCUT2D eigenvalue weighted by Gasteiger charge is 2.76. The zero-order chi connectivity index (χ0) is 70.6. The number of anilines is 3. The predicted octanol–water partition coefficient (Wildman–Crippen LogP) is 8.65. The summed E-state index contributed by atoms with van der Waals surface area (Å²) < 4.78 is 28.9. The number of H-pyrrole nitrogens is 2. The quantitative estimate of drug-likeness (QED) is 0.0114. The van der Waals surface area contributed by atoms with Crippen molar-refractivity contribution in [3.05, 3.63) is 76.6 Å². The third-order valence-corrected chi connectivity index (χ3v) is 20.3. The Balaban J connectivity index is 0.781. The maximum atomic E-state index is 14.9. The highest BCUT2D eigenvalue weighted by molar-refractivity contribution is 7.46. The Morgan fingerprint density at radius 1 is 0.722 bits per heavy atom. The normalized spacial score (nSPS) is 19.2. The zero-order valence-corrected chi connectivity index (χ0v) is 58.1. The molecule has 30 heteroatoms. The minimum atomic E-state index is -4.99. The number of halogens is 2. The second kappa shape index (κ2) is 30.3. The van der Waals surface area contributed by atoms with Crippen LogP contribution in [0.3, 0.4) is 0 Å². The summed E-state index contributed by atoms with van der Waals surface area (Å²) in [6.45, 7) is 11.1. The fourth-order valence-electron chi connectivity index (χ4n) is 14.2. The van der Waals surface area contributed by atoms with Gasteiger partial charge in [-0.1, -0.05) is 32.4 Å². The Morgan fingerprint density at radius 3 is 1.75 bits per heavy atom. The van der Waals surface area contributed by atoms with Crippen molar-refractivity contribution in [3.63, 3.8) is 0 Å². The molecule has 5 aliphatic rings. The number of aromatic nitrogens is 2. The molecule has 0 spiro atoms. The van der Waals surface area contributed by atoms with Gasteiger partial charge in [0.15, 0.2) is 17.3 Å². The molecule has 4 heterocycles. The lowest BCUT2D eigenvalue weighted by Gasteiger charge is -2.69. The van der Waals surface area contributed by atoms with Crippen molar-refractivity contribution in [3.8, 4) is 11.5 Å². The fraction of sp³-hybridized carbons (Fsp3) is 0.522. The van der Waals surface area contributed by atoms with E-state index in [2.05, 4.69) is 31.2 Å². The van der Waals surface area contributed by atoms with E-state index in [1.165, 1.54) is 43.8 Å². The van der Waals surface area contributed by atoms with Gasteiger partial charge >= 0.3 is 26.0 Å². The molecule has 10 rings (SSSR count). The molecule has 2 aliphatic heterocycles.